The second kappa shape index (κ2) is 3.86. The number of aromatic nitrogens is 4. The smallest absolute Gasteiger partial charge is 0.199 e. The van der Waals surface area contributed by atoms with Gasteiger partial charge in [-0.3, -0.25) is 0 Å². The van der Waals surface area contributed by atoms with Crippen LogP contribution in [0.2, 0.25) is 10.3 Å². The largest absolute Gasteiger partial charge is 0.254 e. The average Bonchev–Trinajstić information content (AvgIpc) is 2.87. The molecule has 0 unspecified atom stereocenters. The molecule has 16 heavy (non-hydrogen) atoms. The van der Waals surface area contributed by atoms with Crippen LogP contribution in [0.4, 0.5) is 0 Å². The molecular weight excluding hydrogens is 247 g/mol. The van der Waals surface area contributed by atoms with Gasteiger partial charge < -0.3 is 0 Å². The van der Waals surface area contributed by atoms with Crippen molar-refractivity contribution in [2.24, 2.45) is 0 Å². The van der Waals surface area contributed by atoms with Gasteiger partial charge in [0, 0.05) is 5.56 Å². The van der Waals surface area contributed by atoms with Gasteiger partial charge in [0.25, 0.3) is 5.78 Å². The molecule has 6 heteroatoms. The third-order valence-electron chi connectivity index (χ3n) is 3.12. The monoisotopic (exact) mass is 256 g/mol. The summed E-state index contributed by atoms with van der Waals surface area (Å²) >= 11 is 12.5. The predicted octanol–water partition coefficient (Wildman–Crippen LogP) is 3.09. The van der Waals surface area contributed by atoms with Crippen LogP contribution in [-0.2, 0) is 0 Å². The van der Waals surface area contributed by atoms with Crippen molar-refractivity contribution in [3.8, 4) is 0 Å². The summed E-state index contributed by atoms with van der Waals surface area (Å²) in [7, 11) is 0. The fourth-order valence-electron chi connectivity index (χ4n) is 2.35. The molecule has 1 saturated carbocycles. The van der Waals surface area contributed by atoms with Crippen LogP contribution in [0.1, 0.15) is 37.2 Å². The van der Waals surface area contributed by atoms with E-state index in [9.17, 15) is 0 Å². The first-order chi connectivity index (χ1) is 7.77. The van der Waals surface area contributed by atoms with Crippen molar-refractivity contribution in [1.82, 2.24) is 19.6 Å². The minimum absolute atomic E-state index is 0.418. The molecule has 2 aromatic rings. The topological polar surface area (TPSA) is 43.1 Å². The molecule has 0 radical (unpaired) electrons. The maximum absolute atomic E-state index is 6.30. The number of hydrogen-bond acceptors (Lipinski definition) is 3. The summed E-state index contributed by atoms with van der Waals surface area (Å²) in [6.07, 6.45) is 6.14. The molecule has 1 aliphatic carbocycles. The van der Waals surface area contributed by atoms with Gasteiger partial charge in [-0.05, 0) is 18.8 Å². The minimum atomic E-state index is 0.418. The number of rotatable bonds is 1. The highest BCUT2D eigenvalue weighted by Crippen LogP contribution is 2.40. The van der Waals surface area contributed by atoms with Gasteiger partial charge in [0.1, 0.15) is 16.6 Å². The maximum atomic E-state index is 6.30. The van der Waals surface area contributed by atoms with Gasteiger partial charge in [0.15, 0.2) is 0 Å². The highest BCUT2D eigenvalue weighted by Gasteiger charge is 2.25. The van der Waals surface area contributed by atoms with Crippen molar-refractivity contribution >= 4 is 29.0 Å². The second-order valence-electron chi connectivity index (χ2n) is 4.06. The van der Waals surface area contributed by atoms with E-state index in [-0.39, 0.29) is 0 Å². The van der Waals surface area contributed by atoms with E-state index in [4.69, 9.17) is 23.2 Å². The van der Waals surface area contributed by atoms with E-state index in [0.29, 0.717) is 22.0 Å². The Labute approximate surface area is 103 Å². The number of nitrogens with zero attached hydrogens (tertiary/aromatic N) is 4. The standard InChI is InChI=1S/C10H10Cl2N4/c11-8-7(6-3-1-2-4-6)9(12)16-10(15-8)13-5-14-16/h5-6H,1-4H2. The Morgan fingerprint density at radius 3 is 2.75 bits per heavy atom. The van der Waals surface area contributed by atoms with Crippen molar-refractivity contribution < 1.29 is 0 Å². The molecule has 0 amide bonds. The maximum Gasteiger partial charge on any atom is 0.254 e. The van der Waals surface area contributed by atoms with E-state index in [1.807, 2.05) is 0 Å². The molecule has 0 bridgehead atoms. The molecule has 0 aromatic carbocycles. The zero-order valence-electron chi connectivity index (χ0n) is 8.53. The van der Waals surface area contributed by atoms with Crippen LogP contribution in [-0.4, -0.2) is 19.6 Å². The molecular formula is C10H10Cl2N4. The van der Waals surface area contributed by atoms with Gasteiger partial charge in [-0.15, -0.1) is 0 Å². The van der Waals surface area contributed by atoms with Crippen molar-refractivity contribution in [3.05, 3.63) is 22.2 Å². The molecule has 0 N–H and O–H groups in total. The fraction of sp³-hybridized carbons (Fsp3) is 0.500. The Morgan fingerprint density at radius 2 is 2.00 bits per heavy atom. The van der Waals surface area contributed by atoms with Crippen LogP contribution in [0.3, 0.4) is 0 Å². The molecule has 3 rings (SSSR count). The first-order valence-corrected chi connectivity index (χ1v) is 6.07. The van der Waals surface area contributed by atoms with Crippen molar-refractivity contribution in [2.75, 3.05) is 0 Å². The number of fused-ring (bicyclic) bond motifs is 1. The average molecular weight is 257 g/mol. The lowest BCUT2D eigenvalue weighted by molar-refractivity contribution is 0.708. The van der Waals surface area contributed by atoms with Crippen molar-refractivity contribution in [3.63, 3.8) is 0 Å². The Morgan fingerprint density at radius 1 is 1.25 bits per heavy atom. The molecule has 1 fully saturated rings. The second-order valence-corrected chi connectivity index (χ2v) is 4.78. The first kappa shape index (κ1) is 10.3. The molecule has 0 atom stereocenters. The molecule has 0 saturated heterocycles. The Kier molecular flexibility index (Phi) is 2.48. The molecule has 0 spiro atoms. The van der Waals surface area contributed by atoms with Gasteiger partial charge in [-0.2, -0.15) is 19.6 Å². The molecule has 1 aliphatic rings. The summed E-state index contributed by atoms with van der Waals surface area (Å²) in [5.74, 6) is 0.873. The Bertz CT molecular complexity index is 531. The van der Waals surface area contributed by atoms with Crippen LogP contribution in [0.25, 0.3) is 5.78 Å². The zero-order valence-corrected chi connectivity index (χ0v) is 10.0. The van der Waals surface area contributed by atoms with Crippen LogP contribution in [0, 0.1) is 0 Å². The number of halogens is 2. The Balaban J connectivity index is 2.21. The van der Waals surface area contributed by atoms with Gasteiger partial charge in [0.05, 0.1) is 0 Å². The predicted molar refractivity (Wildman–Crippen MR) is 62.0 cm³/mol. The number of hydrogen-bond donors (Lipinski definition) is 0. The van der Waals surface area contributed by atoms with E-state index in [0.717, 1.165) is 18.4 Å². The summed E-state index contributed by atoms with van der Waals surface area (Å²) < 4.78 is 1.54. The summed E-state index contributed by atoms with van der Waals surface area (Å²) in [6.45, 7) is 0. The molecule has 2 heterocycles. The summed E-state index contributed by atoms with van der Waals surface area (Å²) in [6, 6.07) is 0. The zero-order chi connectivity index (χ0) is 11.1. The van der Waals surface area contributed by atoms with E-state index in [1.54, 1.807) is 4.52 Å². The normalized spacial score (nSPS) is 17.4. The van der Waals surface area contributed by atoms with E-state index in [2.05, 4.69) is 15.1 Å². The van der Waals surface area contributed by atoms with Crippen molar-refractivity contribution in [1.29, 1.82) is 0 Å². The van der Waals surface area contributed by atoms with Crippen LogP contribution < -0.4 is 0 Å². The third-order valence-corrected chi connectivity index (χ3v) is 3.77. The van der Waals surface area contributed by atoms with Crippen molar-refractivity contribution in [2.45, 2.75) is 31.6 Å². The lowest BCUT2D eigenvalue weighted by atomic mass is 10.0. The first-order valence-electron chi connectivity index (χ1n) is 5.32. The van der Waals surface area contributed by atoms with Crippen LogP contribution >= 0.6 is 23.2 Å². The third kappa shape index (κ3) is 1.48. The Hall–Kier alpha value is -0.870. The summed E-state index contributed by atoms with van der Waals surface area (Å²) in [5, 5.41) is 5.07. The van der Waals surface area contributed by atoms with E-state index < -0.39 is 0 Å². The quantitative estimate of drug-likeness (QED) is 0.737. The molecule has 0 aliphatic heterocycles. The fourth-order valence-corrected chi connectivity index (χ4v) is 3.08. The van der Waals surface area contributed by atoms with Gasteiger partial charge >= 0.3 is 0 Å². The van der Waals surface area contributed by atoms with Gasteiger partial charge in [0.2, 0.25) is 0 Å². The van der Waals surface area contributed by atoms with Crippen LogP contribution in [0.15, 0.2) is 6.33 Å². The van der Waals surface area contributed by atoms with Gasteiger partial charge in [-0.25, -0.2) is 0 Å². The van der Waals surface area contributed by atoms with E-state index >= 15 is 0 Å². The summed E-state index contributed by atoms with van der Waals surface area (Å²) in [4.78, 5) is 8.19. The lowest BCUT2D eigenvalue weighted by Gasteiger charge is -2.13. The molecule has 84 valence electrons. The lowest BCUT2D eigenvalue weighted by Crippen LogP contribution is -2.03. The summed E-state index contributed by atoms with van der Waals surface area (Å²) in [5.41, 5.74) is 0.929. The molecule has 4 nitrogen and oxygen atoms in total. The van der Waals surface area contributed by atoms with Crippen LogP contribution in [0.5, 0.6) is 0 Å². The minimum Gasteiger partial charge on any atom is -0.199 e. The highest BCUT2D eigenvalue weighted by molar-refractivity contribution is 6.35. The highest BCUT2D eigenvalue weighted by atomic mass is 35.5. The van der Waals surface area contributed by atoms with Gasteiger partial charge in [-0.1, -0.05) is 36.0 Å². The SMILES string of the molecule is Clc1nc2ncnn2c(Cl)c1C1CCCC1. The molecule has 2 aromatic heterocycles. The van der Waals surface area contributed by atoms with E-state index in [1.165, 1.54) is 19.2 Å².